The number of methoxy groups -OCH3 is 1. The molecule has 0 unspecified atom stereocenters. The summed E-state index contributed by atoms with van der Waals surface area (Å²) < 4.78 is 5.34. The lowest BCUT2D eigenvalue weighted by atomic mass is 9.99. The minimum absolute atomic E-state index is 0.0486. The van der Waals surface area contributed by atoms with E-state index in [-0.39, 0.29) is 11.9 Å². The summed E-state index contributed by atoms with van der Waals surface area (Å²) in [5, 5.41) is 3.03. The first-order valence-electron chi connectivity index (χ1n) is 9.07. The van der Waals surface area contributed by atoms with E-state index >= 15 is 0 Å². The molecule has 2 aromatic rings. The monoisotopic (exact) mass is 350 g/mol. The summed E-state index contributed by atoms with van der Waals surface area (Å²) >= 11 is 0. The fourth-order valence-corrected chi connectivity index (χ4v) is 3.30. The Labute approximate surface area is 155 Å². The van der Waals surface area contributed by atoms with Crippen LogP contribution in [0.3, 0.4) is 0 Å². The Hall–Kier alpha value is -2.59. The summed E-state index contributed by atoms with van der Waals surface area (Å²) in [6.07, 6.45) is 3.21. The van der Waals surface area contributed by atoms with Gasteiger partial charge in [0.2, 0.25) is 5.91 Å². The van der Waals surface area contributed by atoms with Gasteiger partial charge in [-0.05, 0) is 30.5 Å². The zero-order valence-electron chi connectivity index (χ0n) is 15.4. The SMILES string of the molecule is COc1ccccc1CNC(=O)[C@H](C)N1CC=C(c2ccccc2)CC1. The lowest BCUT2D eigenvalue weighted by molar-refractivity contribution is -0.125. The average molecular weight is 350 g/mol. The van der Waals surface area contributed by atoms with E-state index in [0.717, 1.165) is 30.8 Å². The van der Waals surface area contributed by atoms with Crippen LogP contribution in [0.1, 0.15) is 24.5 Å². The van der Waals surface area contributed by atoms with Crippen molar-refractivity contribution >= 4 is 11.5 Å². The molecule has 4 heteroatoms. The van der Waals surface area contributed by atoms with Crippen LogP contribution in [0.2, 0.25) is 0 Å². The van der Waals surface area contributed by atoms with Gasteiger partial charge in [-0.1, -0.05) is 54.6 Å². The van der Waals surface area contributed by atoms with Gasteiger partial charge in [0.15, 0.2) is 0 Å². The molecule has 0 aromatic heterocycles. The van der Waals surface area contributed by atoms with Crippen LogP contribution in [0.25, 0.3) is 5.57 Å². The number of carbonyl (C=O) groups excluding carboxylic acids is 1. The maximum absolute atomic E-state index is 12.6. The van der Waals surface area contributed by atoms with E-state index in [1.807, 2.05) is 37.3 Å². The van der Waals surface area contributed by atoms with Crippen molar-refractivity contribution in [3.63, 3.8) is 0 Å². The largest absolute Gasteiger partial charge is 0.496 e. The first kappa shape index (κ1) is 18.2. The molecule has 0 saturated heterocycles. The molecule has 3 rings (SSSR count). The zero-order chi connectivity index (χ0) is 18.4. The fourth-order valence-electron chi connectivity index (χ4n) is 3.30. The molecule has 0 fully saturated rings. The van der Waals surface area contributed by atoms with Crippen molar-refractivity contribution in [2.75, 3.05) is 20.2 Å². The number of hydrogen-bond donors (Lipinski definition) is 1. The standard InChI is InChI=1S/C22H26N2O2/c1-17(22(25)23-16-20-10-6-7-11-21(20)26-2)24-14-12-19(13-15-24)18-8-4-3-5-9-18/h3-12,17H,13-16H2,1-2H3,(H,23,25)/t17-/m0/s1. The molecule has 4 nitrogen and oxygen atoms in total. The Morgan fingerprint density at radius 3 is 2.58 bits per heavy atom. The number of ether oxygens (including phenoxy) is 1. The molecule has 1 heterocycles. The highest BCUT2D eigenvalue weighted by Crippen LogP contribution is 2.23. The Balaban J connectivity index is 1.55. The highest BCUT2D eigenvalue weighted by molar-refractivity contribution is 5.81. The van der Waals surface area contributed by atoms with Crippen molar-refractivity contribution < 1.29 is 9.53 Å². The van der Waals surface area contributed by atoms with Gasteiger partial charge >= 0.3 is 0 Å². The van der Waals surface area contributed by atoms with Crippen LogP contribution < -0.4 is 10.1 Å². The molecular weight excluding hydrogens is 324 g/mol. The predicted molar refractivity (Wildman–Crippen MR) is 105 cm³/mol. The first-order chi connectivity index (χ1) is 12.7. The van der Waals surface area contributed by atoms with E-state index in [2.05, 4.69) is 40.6 Å². The number of nitrogens with one attached hydrogen (secondary N) is 1. The smallest absolute Gasteiger partial charge is 0.237 e. The molecule has 0 spiro atoms. The van der Waals surface area contributed by atoms with Crippen molar-refractivity contribution in [3.05, 3.63) is 71.8 Å². The van der Waals surface area contributed by atoms with Crippen LogP contribution in [-0.4, -0.2) is 37.0 Å². The van der Waals surface area contributed by atoms with Crippen LogP contribution in [0, 0.1) is 0 Å². The Morgan fingerprint density at radius 2 is 1.88 bits per heavy atom. The molecule has 0 radical (unpaired) electrons. The van der Waals surface area contributed by atoms with E-state index in [0.29, 0.717) is 6.54 Å². The summed E-state index contributed by atoms with van der Waals surface area (Å²) in [7, 11) is 1.65. The second kappa shape index (κ2) is 8.68. The molecule has 1 aliphatic rings. The molecule has 1 aliphatic heterocycles. The molecule has 1 atom stereocenters. The molecule has 1 N–H and O–H groups in total. The normalized spacial score (nSPS) is 15.8. The van der Waals surface area contributed by atoms with E-state index in [1.54, 1.807) is 7.11 Å². The molecule has 1 amide bonds. The lowest BCUT2D eigenvalue weighted by Gasteiger charge is -2.31. The number of para-hydroxylation sites is 1. The quantitative estimate of drug-likeness (QED) is 0.867. The van der Waals surface area contributed by atoms with Crippen molar-refractivity contribution in [3.8, 4) is 5.75 Å². The maximum atomic E-state index is 12.6. The molecule has 0 saturated carbocycles. The van der Waals surface area contributed by atoms with Gasteiger partial charge < -0.3 is 10.1 Å². The second-order valence-corrected chi connectivity index (χ2v) is 6.55. The Bertz CT molecular complexity index is 771. The molecule has 2 aromatic carbocycles. The zero-order valence-corrected chi connectivity index (χ0v) is 15.4. The van der Waals surface area contributed by atoms with E-state index in [4.69, 9.17) is 4.74 Å². The summed E-state index contributed by atoms with van der Waals surface area (Å²) in [5.74, 6) is 0.848. The third-order valence-corrected chi connectivity index (χ3v) is 4.96. The molecule has 0 bridgehead atoms. The minimum Gasteiger partial charge on any atom is -0.496 e. The Kier molecular flexibility index (Phi) is 6.08. The third kappa shape index (κ3) is 4.33. The number of benzene rings is 2. The molecule has 136 valence electrons. The maximum Gasteiger partial charge on any atom is 0.237 e. The van der Waals surface area contributed by atoms with Crippen molar-refractivity contribution in [1.29, 1.82) is 0 Å². The van der Waals surface area contributed by atoms with E-state index in [9.17, 15) is 4.79 Å². The van der Waals surface area contributed by atoms with Gasteiger partial charge in [-0.3, -0.25) is 9.69 Å². The summed E-state index contributed by atoms with van der Waals surface area (Å²) in [5.41, 5.74) is 3.63. The number of rotatable bonds is 6. The van der Waals surface area contributed by atoms with Gasteiger partial charge in [-0.15, -0.1) is 0 Å². The van der Waals surface area contributed by atoms with E-state index < -0.39 is 0 Å². The minimum atomic E-state index is -0.154. The number of carbonyl (C=O) groups is 1. The summed E-state index contributed by atoms with van der Waals surface area (Å²) in [6, 6.07) is 18.1. The van der Waals surface area contributed by atoms with Crippen LogP contribution in [-0.2, 0) is 11.3 Å². The van der Waals surface area contributed by atoms with Crippen LogP contribution >= 0.6 is 0 Å². The predicted octanol–water partition coefficient (Wildman–Crippen LogP) is 3.49. The summed E-state index contributed by atoms with van der Waals surface area (Å²) in [6.45, 7) is 4.14. The highest BCUT2D eigenvalue weighted by atomic mass is 16.5. The highest BCUT2D eigenvalue weighted by Gasteiger charge is 2.23. The van der Waals surface area contributed by atoms with Crippen molar-refractivity contribution in [1.82, 2.24) is 10.2 Å². The van der Waals surface area contributed by atoms with Gasteiger partial charge in [0.05, 0.1) is 13.2 Å². The molecular formula is C22H26N2O2. The van der Waals surface area contributed by atoms with Gasteiger partial charge in [0.25, 0.3) is 0 Å². The van der Waals surface area contributed by atoms with Gasteiger partial charge in [0, 0.05) is 25.2 Å². The van der Waals surface area contributed by atoms with Crippen LogP contribution in [0.15, 0.2) is 60.7 Å². The number of amides is 1. The average Bonchev–Trinajstić information content (AvgIpc) is 2.72. The lowest BCUT2D eigenvalue weighted by Crippen LogP contribution is -2.46. The molecule has 0 aliphatic carbocycles. The third-order valence-electron chi connectivity index (χ3n) is 4.96. The van der Waals surface area contributed by atoms with Crippen LogP contribution in [0.4, 0.5) is 0 Å². The van der Waals surface area contributed by atoms with Gasteiger partial charge in [0.1, 0.15) is 5.75 Å². The van der Waals surface area contributed by atoms with Crippen molar-refractivity contribution in [2.24, 2.45) is 0 Å². The molecule has 26 heavy (non-hydrogen) atoms. The van der Waals surface area contributed by atoms with Crippen molar-refractivity contribution in [2.45, 2.75) is 25.9 Å². The van der Waals surface area contributed by atoms with E-state index in [1.165, 1.54) is 11.1 Å². The topological polar surface area (TPSA) is 41.6 Å². The first-order valence-corrected chi connectivity index (χ1v) is 9.07. The Morgan fingerprint density at radius 1 is 1.15 bits per heavy atom. The second-order valence-electron chi connectivity index (χ2n) is 6.55. The number of hydrogen-bond acceptors (Lipinski definition) is 3. The fraction of sp³-hybridized carbons (Fsp3) is 0.318. The number of nitrogens with zero attached hydrogens (tertiary/aromatic N) is 1. The van der Waals surface area contributed by atoms with Gasteiger partial charge in [-0.25, -0.2) is 0 Å². The summed E-state index contributed by atoms with van der Waals surface area (Å²) in [4.78, 5) is 14.8. The van der Waals surface area contributed by atoms with Crippen LogP contribution in [0.5, 0.6) is 5.75 Å². The van der Waals surface area contributed by atoms with Gasteiger partial charge in [-0.2, -0.15) is 0 Å².